The molecule has 0 saturated heterocycles. The molecule has 1 heterocycles. The van der Waals surface area contributed by atoms with E-state index in [2.05, 4.69) is 159 Å². The minimum Gasteiger partial charge on any atom is -0.261 e. The summed E-state index contributed by atoms with van der Waals surface area (Å²) < 4.78 is 0. The van der Waals surface area contributed by atoms with E-state index in [-0.39, 0.29) is 0 Å². The molecule has 8 rings (SSSR count). The van der Waals surface area contributed by atoms with Gasteiger partial charge >= 0.3 is 0 Å². The molecule has 0 aliphatic rings. The molecule has 7 aromatic carbocycles. The van der Waals surface area contributed by atoms with E-state index in [1.165, 1.54) is 88.0 Å². The Bertz CT molecular complexity index is 2320. The summed E-state index contributed by atoms with van der Waals surface area (Å²) in [6.45, 7) is 6.51. The molecule has 1 heteroatoms. The van der Waals surface area contributed by atoms with Gasteiger partial charge in [0.15, 0.2) is 0 Å². The second kappa shape index (κ2) is 10.9. The summed E-state index contributed by atoms with van der Waals surface area (Å²) in [5.74, 6) is 0. The van der Waals surface area contributed by atoms with Crippen molar-refractivity contribution in [1.29, 1.82) is 0 Å². The van der Waals surface area contributed by atoms with Crippen molar-refractivity contribution in [2.24, 2.45) is 0 Å². The molecule has 0 amide bonds. The first-order chi connectivity index (χ1) is 22.1. The lowest BCUT2D eigenvalue weighted by molar-refractivity contribution is 1.20. The average molecular weight is 576 g/mol. The molecule has 0 fully saturated rings. The van der Waals surface area contributed by atoms with E-state index < -0.39 is 0 Å². The average Bonchev–Trinajstić information content (AvgIpc) is 3.07. The molecule has 1 aromatic heterocycles. The smallest absolute Gasteiger partial charge is 0.0450 e. The maximum absolute atomic E-state index is 4.51. The first-order valence-electron chi connectivity index (χ1n) is 15.6. The molecule has 45 heavy (non-hydrogen) atoms. The molecule has 0 aliphatic carbocycles. The highest BCUT2D eigenvalue weighted by molar-refractivity contribution is 6.24. The lowest BCUT2D eigenvalue weighted by atomic mass is 9.83. The van der Waals surface area contributed by atoms with Crippen LogP contribution in [0.3, 0.4) is 0 Å². The van der Waals surface area contributed by atoms with Crippen molar-refractivity contribution in [2.45, 2.75) is 20.8 Å². The third kappa shape index (κ3) is 4.43. The largest absolute Gasteiger partial charge is 0.261 e. The molecule has 0 saturated carbocycles. The fourth-order valence-corrected chi connectivity index (χ4v) is 7.32. The van der Waals surface area contributed by atoms with E-state index in [4.69, 9.17) is 0 Å². The molecular formula is C44H33N. The van der Waals surface area contributed by atoms with Gasteiger partial charge < -0.3 is 0 Å². The van der Waals surface area contributed by atoms with Gasteiger partial charge in [0.25, 0.3) is 0 Å². The number of hydrogen-bond acceptors (Lipinski definition) is 1. The summed E-state index contributed by atoms with van der Waals surface area (Å²) in [4.78, 5) is 4.51. The molecule has 0 bridgehead atoms. The van der Waals surface area contributed by atoms with E-state index in [1.807, 2.05) is 12.3 Å². The monoisotopic (exact) mass is 575 g/mol. The number of benzene rings is 7. The lowest BCUT2D eigenvalue weighted by Crippen LogP contribution is -1.93. The number of pyridine rings is 1. The summed E-state index contributed by atoms with van der Waals surface area (Å²) in [5, 5.41) is 7.62. The molecule has 0 unspecified atom stereocenters. The van der Waals surface area contributed by atoms with Gasteiger partial charge in [-0.2, -0.15) is 0 Å². The van der Waals surface area contributed by atoms with Crippen LogP contribution in [0.4, 0.5) is 0 Å². The topological polar surface area (TPSA) is 12.9 Å². The van der Waals surface area contributed by atoms with Crippen LogP contribution < -0.4 is 0 Å². The van der Waals surface area contributed by atoms with Crippen LogP contribution in [0, 0.1) is 20.8 Å². The van der Waals surface area contributed by atoms with E-state index >= 15 is 0 Å². The van der Waals surface area contributed by atoms with Crippen molar-refractivity contribution in [1.82, 2.24) is 4.98 Å². The first kappa shape index (κ1) is 27.0. The van der Waals surface area contributed by atoms with Crippen LogP contribution in [-0.4, -0.2) is 4.98 Å². The number of aromatic nitrogens is 1. The Morgan fingerprint density at radius 3 is 1.33 bits per heavy atom. The summed E-state index contributed by atoms with van der Waals surface area (Å²) in [6, 6.07) is 51.2. The third-order valence-corrected chi connectivity index (χ3v) is 9.36. The highest BCUT2D eigenvalue weighted by Gasteiger charge is 2.19. The zero-order valence-electron chi connectivity index (χ0n) is 25.8. The van der Waals surface area contributed by atoms with E-state index in [9.17, 15) is 0 Å². The molecule has 0 N–H and O–H groups in total. The van der Waals surface area contributed by atoms with Gasteiger partial charge in [-0.15, -0.1) is 0 Å². The molecule has 0 spiro atoms. The van der Waals surface area contributed by atoms with Crippen LogP contribution in [0.15, 0.2) is 146 Å². The quantitative estimate of drug-likeness (QED) is 0.190. The van der Waals surface area contributed by atoms with Crippen molar-refractivity contribution in [3.63, 3.8) is 0 Å². The SMILES string of the molecule is Cc1cccc(C)c1-c1cccc2c(-c3c4ccccc4c(-c4ccc(-c5cccnc5C)cc4)c4ccccc34)cccc12. The highest BCUT2D eigenvalue weighted by atomic mass is 14.7. The van der Waals surface area contributed by atoms with Gasteiger partial charge in [0.1, 0.15) is 0 Å². The Hall–Kier alpha value is -5.53. The molecule has 0 aliphatic heterocycles. The minimum absolute atomic E-state index is 1.04. The third-order valence-electron chi connectivity index (χ3n) is 9.36. The zero-order valence-corrected chi connectivity index (χ0v) is 25.8. The Kier molecular flexibility index (Phi) is 6.54. The van der Waals surface area contributed by atoms with Crippen molar-refractivity contribution < 1.29 is 0 Å². The van der Waals surface area contributed by atoms with Gasteiger partial charge in [-0.3, -0.25) is 4.98 Å². The molecule has 0 radical (unpaired) electrons. The fourth-order valence-electron chi connectivity index (χ4n) is 7.32. The standard InChI is InChI=1S/C44H33N/c1-28-12-8-13-29(2)42(28)36-20-9-19-35-34(36)18-10-21-37(35)44-40-16-6-4-14-38(40)43(39-15-5-7-17-41(39)44)32-25-23-31(24-26-32)33-22-11-27-45-30(33)3/h4-27H,1-3H3. The second-order valence-electron chi connectivity index (χ2n) is 12.0. The predicted octanol–water partition coefficient (Wildman–Crippen LogP) is 12.1. The Morgan fingerprint density at radius 1 is 0.333 bits per heavy atom. The number of aryl methyl sites for hydroxylation is 3. The van der Waals surface area contributed by atoms with E-state index in [0.717, 1.165) is 5.69 Å². The predicted molar refractivity (Wildman–Crippen MR) is 193 cm³/mol. The summed E-state index contributed by atoms with van der Waals surface area (Å²) in [5.41, 5.74) is 13.7. The Balaban J connectivity index is 1.40. The van der Waals surface area contributed by atoms with Crippen LogP contribution in [-0.2, 0) is 0 Å². The summed E-state index contributed by atoms with van der Waals surface area (Å²) >= 11 is 0. The van der Waals surface area contributed by atoms with Gasteiger partial charge in [-0.1, -0.05) is 133 Å². The maximum atomic E-state index is 4.51. The lowest BCUT2D eigenvalue weighted by Gasteiger charge is -2.20. The van der Waals surface area contributed by atoms with Crippen LogP contribution in [0.2, 0.25) is 0 Å². The fraction of sp³-hybridized carbons (Fsp3) is 0.0682. The minimum atomic E-state index is 1.04. The Morgan fingerprint density at radius 2 is 0.778 bits per heavy atom. The normalized spacial score (nSPS) is 11.4. The second-order valence-corrected chi connectivity index (χ2v) is 12.0. The van der Waals surface area contributed by atoms with E-state index in [0.29, 0.717) is 0 Å². The van der Waals surface area contributed by atoms with Crippen molar-refractivity contribution in [3.05, 3.63) is 163 Å². The van der Waals surface area contributed by atoms with Crippen molar-refractivity contribution in [2.75, 3.05) is 0 Å². The Labute approximate surface area is 264 Å². The van der Waals surface area contributed by atoms with Crippen molar-refractivity contribution >= 4 is 32.3 Å². The maximum Gasteiger partial charge on any atom is 0.0450 e. The molecule has 1 nitrogen and oxygen atoms in total. The van der Waals surface area contributed by atoms with Crippen LogP contribution in [0.25, 0.3) is 76.8 Å². The highest BCUT2D eigenvalue weighted by Crippen LogP contribution is 2.46. The van der Waals surface area contributed by atoms with Crippen molar-refractivity contribution in [3.8, 4) is 44.5 Å². The van der Waals surface area contributed by atoms with Crippen LogP contribution in [0.5, 0.6) is 0 Å². The van der Waals surface area contributed by atoms with E-state index in [1.54, 1.807) is 0 Å². The first-order valence-corrected chi connectivity index (χ1v) is 15.6. The van der Waals surface area contributed by atoms with Gasteiger partial charge in [-0.25, -0.2) is 0 Å². The number of rotatable bonds is 4. The number of nitrogens with zero attached hydrogens (tertiary/aromatic N) is 1. The number of fused-ring (bicyclic) bond motifs is 3. The van der Waals surface area contributed by atoms with Gasteiger partial charge in [0.2, 0.25) is 0 Å². The van der Waals surface area contributed by atoms with Crippen LogP contribution in [0.1, 0.15) is 16.8 Å². The molecule has 0 atom stereocenters. The summed E-state index contributed by atoms with van der Waals surface area (Å²) in [6.07, 6.45) is 1.85. The molecule has 8 aromatic rings. The number of hydrogen-bond donors (Lipinski definition) is 0. The van der Waals surface area contributed by atoms with Gasteiger partial charge in [0, 0.05) is 17.5 Å². The van der Waals surface area contributed by atoms with Crippen LogP contribution >= 0.6 is 0 Å². The zero-order chi connectivity index (χ0) is 30.5. The van der Waals surface area contributed by atoms with Gasteiger partial charge in [-0.05, 0) is 109 Å². The summed E-state index contributed by atoms with van der Waals surface area (Å²) in [7, 11) is 0. The molecule has 214 valence electrons. The van der Waals surface area contributed by atoms with Gasteiger partial charge in [0.05, 0.1) is 0 Å². The molecular weight excluding hydrogens is 542 g/mol.